The standard InChI is InChI=1S/C23H34N4O4/c1-16(2)15-31-23(30)26-12-9-17(10-13-26)22(29)25-19-7-4-3-6-18(19)14-27-11-5-8-20(27)21(24)28/h3-4,6-7,16-17,20H,5,8-15H2,1-2H3,(H2,24,28)(H,25,29). The van der Waals surface area contributed by atoms with E-state index >= 15 is 0 Å². The van der Waals surface area contributed by atoms with Crippen LogP contribution >= 0.6 is 0 Å². The van der Waals surface area contributed by atoms with E-state index in [9.17, 15) is 14.4 Å². The van der Waals surface area contributed by atoms with E-state index in [-0.39, 0.29) is 29.9 Å². The number of anilines is 1. The first-order valence-corrected chi connectivity index (χ1v) is 11.2. The molecule has 31 heavy (non-hydrogen) atoms. The summed E-state index contributed by atoms with van der Waals surface area (Å²) in [5.74, 6) is -0.174. The predicted molar refractivity (Wildman–Crippen MR) is 118 cm³/mol. The molecule has 3 rings (SSSR count). The number of likely N-dealkylation sites (tertiary alicyclic amines) is 2. The first-order valence-electron chi connectivity index (χ1n) is 11.2. The van der Waals surface area contributed by atoms with Crippen molar-refractivity contribution in [1.29, 1.82) is 0 Å². The number of amides is 3. The quantitative estimate of drug-likeness (QED) is 0.692. The van der Waals surface area contributed by atoms with Crippen molar-refractivity contribution < 1.29 is 19.1 Å². The number of ether oxygens (including phenoxy) is 1. The van der Waals surface area contributed by atoms with Gasteiger partial charge in [-0.3, -0.25) is 14.5 Å². The minimum absolute atomic E-state index is 0.0319. The van der Waals surface area contributed by atoms with Crippen LogP contribution in [0.2, 0.25) is 0 Å². The molecule has 2 fully saturated rings. The normalized spacial score (nSPS) is 20.1. The van der Waals surface area contributed by atoms with Crippen LogP contribution in [0.3, 0.4) is 0 Å². The van der Waals surface area contributed by atoms with Gasteiger partial charge >= 0.3 is 6.09 Å². The highest BCUT2D eigenvalue weighted by atomic mass is 16.6. The van der Waals surface area contributed by atoms with Gasteiger partial charge in [0.1, 0.15) is 0 Å². The van der Waals surface area contributed by atoms with Crippen molar-refractivity contribution in [2.45, 2.75) is 52.1 Å². The first-order chi connectivity index (χ1) is 14.8. The molecule has 0 bridgehead atoms. The van der Waals surface area contributed by atoms with Gasteiger partial charge in [0.2, 0.25) is 11.8 Å². The second-order valence-electron chi connectivity index (χ2n) is 8.91. The summed E-state index contributed by atoms with van der Waals surface area (Å²) in [5.41, 5.74) is 7.27. The van der Waals surface area contributed by atoms with E-state index in [1.165, 1.54) is 0 Å². The fourth-order valence-electron chi connectivity index (χ4n) is 4.22. The zero-order valence-corrected chi connectivity index (χ0v) is 18.5. The summed E-state index contributed by atoms with van der Waals surface area (Å²) in [6, 6.07) is 7.44. The molecule has 2 heterocycles. The van der Waals surface area contributed by atoms with Crippen molar-refractivity contribution in [3.05, 3.63) is 29.8 Å². The SMILES string of the molecule is CC(C)COC(=O)N1CCC(C(=O)Nc2ccccc2CN2CCCC2C(N)=O)CC1. The summed E-state index contributed by atoms with van der Waals surface area (Å²) < 4.78 is 5.29. The first kappa shape index (κ1) is 23.1. The fraction of sp³-hybridized carbons (Fsp3) is 0.609. The van der Waals surface area contributed by atoms with E-state index in [4.69, 9.17) is 10.5 Å². The molecule has 2 aliphatic rings. The van der Waals surface area contributed by atoms with Crippen molar-refractivity contribution in [2.24, 2.45) is 17.6 Å². The molecular weight excluding hydrogens is 396 g/mol. The molecule has 3 N–H and O–H groups in total. The average molecular weight is 431 g/mol. The minimum atomic E-state index is -0.299. The van der Waals surface area contributed by atoms with Crippen molar-refractivity contribution in [1.82, 2.24) is 9.80 Å². The van der Waals surface area contributed by atoms with Gasteiger partial charge in [-0.2, -0.15) is 0 Å². The highest BCUT2D eigenvalue weighted by molar-refractivity contribution is 5.93. The Balaban J connectivity index is 1.54. The summed E-state index contributed by atoms with van der Waals surface area (Å²) in [6.45, 7) is 6.84. The Morgan fingerprint density at radius 3 is 2.52 bits per heavy atom. The van der Waals surface area contributed by atoms with Crippen LogP contribution in [-0.4, -0.2) is 60.0 Å². The number of nitrogens with two attached hydrogens (primary N) is 1. The minimum Gasteiger partial charge on any atom is -0.449 e. The van der Waals surface area contributed by atoms with Crippen molar-refractivity contribution >= 4 is 23.6 Å². The fourth-order valence-corrected chi connectivity index (χ4v) is 4.22. The van der Waals surface area contributed by atoms with Gasteiger partial charge in [-0.15, -0.1) is 0 Å². The Morgan fingerprint density at radius 2 is 1.84 bits per heavy atom. The lowest BCUT2D eigenvalue weighted by Gasteiger charge is -2.31. The number of carbonyl (C=O) groups excluding carboxylic acids is 3. The van der Waals surface area contributed by atoms with Gasteiger partial charge in [0.25, 0.3) is 0 Å². The van der Waals surface area contributed by atoms with Crippen molar-refractivity contribution in [3.63, 3.8) is 0 Å². The Morgan fingerprint density at radius 1 is 1.13 bits per heavy atom. The number of para-hydroxylation sites is 1. The van der Waals surface area contributed by atoms with Crippen LogP contribution < -0.4 is 11.1 Å². The molecule has 1 atom stereocenters. The summed E-state index contributed by atoms with van der Waals surface area (Å²) in [6.07, 6.45) is 2.65. The largest absolute Gasteiger partial charge is 0.449 e. The van der Waals surface area contributed by atoms with Crippen LogP contribution in [0.15, 0.2) is 24.3 Å². The van der Waals surface area contributed by atoms with Crippen LogP contribution in [-0.2, 0) is 20.9 Å². The Labute approximate surface area is 184 Å². The molecule has 8 heteroatoms. The third kappa shape index (κ3) is 6.19. The van der Waals surface area contributed by atoms with E-state index < -0.39 is 0 Å². The molecule has 3 amide bonds. The van der Waals surface area contributed by atoms with E-state index in [1.54, 1.807) is 4.90 Å². The predicted octanol–water partition coefficient (Wildman–Crippen LogP) is 2.58. The van der Waals surface area contributed by atoms with Crippen LogP contribution in [0.1, 0.15) is 45.1 Å². The summed E-state index contributed by atoms with van der Waals surface area (Å²) in [5, 5.41) is 3.07. The number of primary amides is 1. The number of hydrogen-bond acceptors (Lipinski definition) is 5. The molecular formula is C23H34N4O4. The summed E-state index contributed by atoms with van der Waals surface area (Å²) in [7, 11) is 0. The van der Waals surface area contributed by atoms with Crippen molar-refractivity contribution in [3.8, 4) is 0 Å². The smallest absolute Gasteiger partial charge is 0.409 e. The third-order valence-corrected chi connectivity index (χ3v) is 6.00. The molecule has 0 saturated carbocycles. The van der Waals surface area contributed by atoms with Gasteiger partial charge in [-0.05, 0) is 49.8 Å². The summed E-state index contributed by atoms with van der Waals surface area (Å²) >= 11 is 0. The van der Waals surface area contributed by atoms with Crippen LogP contribution in [0.25, 0.3) is 0 Å². The molecule has 8 nitrogen and oxygen atoms in total. The maximum absolute atomic E-state index is 12.9. The summed E-state index contributed by atoms with van der Waals surface area (Å²) in [4.78, 5) is 40.5. The molecule has 0 aliphatic carbocycles. The number of nitrogens with one attached hydrogen (secondary N) is 1. The number of carbonyl (C=O) groups is 3. The lowest BCUT2D eigenvalue weighted by Crippen LogP contribution is -2.42. The Kier molecular flexibility index (Phi) is 7.90. The molecule has 1 unspecified atom stereocenters. The molecule has 1 aromatic carbocycles. The molecule has 2 aliphatic heterocycles. The van der Waals surface area contributed by atoms with E-state index in [0.717, 1.165) is 30.6 Å². The van der Waals surface area contributed by atoms with Crippen molar-refractivity contribution in [2.75, 3.05) is 31.6 Å². The topological polar surface area (TPSA) is 105 Å². The highest BCUT2D eigenvalue weighted by Crippen LogP contribution is 2.25. The van der Waals surface area contributed by atoms with Crippen LogP contribution in [0.5, 0.6) is 0 Å². The van der Waals surface area contributed by atoms with E-state index in [2.05, 4.69) is 10.2 Å². The number of hydrogen-bond donors (Lipinski definition) is 2. The van der Waals surface area contributed by atoms with Gasteiger partial charge in [0.05, 0.1) is 12.6 Å². The van der Waals surface area contributed by atoms with Crippen LogP contribution in [0.4, 0.5) is 10.5 Å². The molecule has 0 radical (unpaired) electrons. The monoisotopic (exact) mass is 430 g/mol. The zero-order valence-electron chi connectivity index (χ0n) is 18.5. The molecule has 0 aromatic heterocycles. The van der Waals surface area contributed by atoms with Gasteiger partial charge in [0, 0.05) is 31.2 Å². The van der Waals surface area contributed by atoms with Gasteiger partial charge < -0.3 is 20.7 Å². The second-order valence-corrected chi connectivity index (χ2v) is 8.91. The molecule has 170 valence electrons. The van der Waals surface area contributed by atoms with Gasteiger partial charge in [0.15, 0.2) is 0 Å². The number of nitrogens with zero attached hydrogens (tertiary/aromatic N) is 2. The second kappa shape index (κ2) is 10.6. The van der Waals surface area contributed by atoms with E-state index in [0.29, 0.717) is 45.0 Å². The zero-order chi connectivity index (χ0) is 22.4. The van der Waals surface area contributed by atoms with E-state index in [1.807, 2.05) is 38.1 Å². The number of benzene rings is 1. The maximum Gasteiger partial charge on any atom is 0.409 e. The molecule has 2 saturated heterocycles. The Bertz CT molecular complexity index is 790. The highest BCUT2D eigenvalue weighted by Gasteiger charge is 2.31. The number of piperidine rings is 1. The van der Waals surface area contributed by atoms with Crippen LogP contribution in [0, 0.1) is 11.8 Å². The Hall–Kier alpha value is -2.61. The average Bonchev–Trinajstić information content (AvgIpc) is 3.22. The number of rotatable bonds is 7. The maximum atomic E-state index is 12.9. The lowest BCUT2D eigenvalue weighted by atomic mass is 9.96. The third-order valence-electron chi connectivity index (χ3n) is 6.00. The molecule has 0 spiro atoms. The lowest BCUT2D eigenvalue weighted by molar-refractivity contribution is -0.122. The van der Waals surface area contributed by atoms with Gasteiger partial charge in [-0.1, -0.05) is 32.0 Å². The molecule has 1 aromatic rings. The van der Waals surface area contributed by atoms with Gasteiger partial charge in [-0.25, -0.2) is 4.79 Å².